The molecular weight excluding hydrogens is 440 g/mol. The molecule has 1 heterocycles. The van der Waals surface area contributed by atoms with E-state index in [0.717, 1.165) is 22.8 Å². The van der Waals surface area contributed by atoms with Gasteiger partial charge in [0, 0.05) is 25.1 Å². The fraction of sp³-hybridized carbons (Fsp3) is 0.345. The first-order valence-electron chi connectivity index (χ1n) is 12.3. The van der Waals surface area contributed by atoms with E-state index in [1.54, 1.807) is 4.90 Å². The van der Waals surface area contributed by atoms with Gasteiger partial charge in [-0.2, -0.15) is 0 Å². The number of benzene rings is 3. The first-order chi connectivity index (χ1) is 17.0. The second-order valence-electron chi connectivity index (χ2n) is 9.12. The highest BCUT2D eigenvalue weighted by Gasteiger charge is 2.30. The molecule has 1 fully saturated rings. The number of esters is 1. The predicted molar refractivity (Wildman–Crippen MR) is 136 cm³/mol. The summed E-state index contributed by atoms with van der Waals surface area (Å²) in [5.74, 6) is -0.777. The molecule has 1 aliphatic heterocycles. The number of aryl methyl sites for hydroxylation is 2. The van der Waals surface area contributed by atoms with Crippen LogP contribution in [0.25, 0.3) is 10.8 Å². The maximum atomic E-state index is 13.2. The summed E-state index contributed by atoms with van der Waals surface area (Å²) in [6.07, 6.45) is 2.52. The lowest BCUT2D eigenvalue weighted by Crippen LogP contribution is -2.43. The molecule has 0 spiro atoms. The Morgan fingerprint density at radius 3 is 2.60 bits per heavy atom. The van der Waals surface area contributed by atoms with E-state index in [1.807, 2.05) is 73.7 Å². The van der Waals surface area contributed by atoms with Gasteiger partial charge in [0.2, 0.25) is 5.91 Å². The normalized spacial score (nSPS) is 15.6. The number of fused-ring (bicyclic) bond motifs is 1. The Kier molecular flexibility index (Phi) is 8.14. The van der Waals surface area contributed by atoms with Gasteiger partial charge in [-0.25, -0.2) is 0 Å². The summed E-state index contributed by atoms with van der Waals surface area (Å²) in [5.41, 5.74) is 2.97. The molecule has 1 unspecified atom stereocenters. The third-order valence-electron chi connectivity index (χ3n) is 6.49. The second kappa shape index (κ2) is 11.6. The van der Waals surface area contributed by atoms with Gasteiger partial charge >= 0.3 is 5.97 Å². The highest BCUT2D eigenvalue weighted by atomic mass is 16.5. The fourth-order valence-corrected chi connectivity index (χ4v) is 4.50. The smallest absolute Gasteiger partial charge is 0.310 e. The molecular formula is C29H32N2O4. The second-order valence-corrected chi connectivity index (χ2v) is 9.12. The molecule has 1 atom stereocenters. The molecule has 4 rings (SSSR count). The molecule has 0 bridgehead atoms. The lowest BCUT2D eigenvalue weighted by molar-refractivity contribution is -0.150. The maximum Gasteiger partial charge on any atom is 0.310 e. The minimum Gasteiger partial charge on any atom is -0.464 e. The van der Waals surface area contributed by atoms with Crippen LogP contribution in [0.1, 0.15) is 40.7 Å². The summed E-state index contributed by atoms with van der Waals surface area (Å²) in [6, 6.07) is 21.7. The van der Waals surface area contributed by atoms with Crippen LogP contribution in [0.5, 0.6) is 0 Å². The first-order valence-corrected chi connectivity index (χ1v) is 12.3. The van der Waals surface area contributed by atoms with Crippen LogP contribution in [0.4, 0.5) is 0 Å². The van der Waals surface area contributed by atoms with E-state index in [2.05, 4.69) is 5.32 Å². The van der Waals surface area contributed by atoms with Crippen LogP contribution in [0.2, 0.25) is 0 Å². The van der Waals surface area contributed by atoms with Gasteiger partial charge in [0.05, 0.1) is 12.5 Å². The molecule has 3 aromatic carbocycles. The Morgan fingerprint density at radius 1 is 1.00 bits per heavy atom. The van der Waals surface area contributed by atoms with E-state index in [-0.39, 0.29) is 36.9 Å². The standard InChI is InChI=1S/C29H32N2O4/c1-21-11-13-22(14-12-21)15-16-27(32)30-17-19-35-29(34)24-8-5-18-31(20-24)28(33)26-10-4-7-23-6-2-3-9-25(23)26/h2-4,6-7,9-14,24H,5,8,15-20H2,1H3,(H,30,32). The van der Waals surface area contributed by atoms with E-state index in [1.165, 1.54) is 5.56 Å². The lowest BCUT2D eigenvalue weighted by atomic mass is 9.96. The average Bonchev–Trinajstić information content (AvgIpc) is 2.90. The number of carbonyl (C=O) groups excluding carboxylic acids is 3. The van der Waals surface area contributed by atoms with Gasteiger partial charge in [-0.1, -0.05) is 66.2 Å². The van der Waals surface area contributed by atoms with Crippen molar-refractivity contribution in [2.24, 2.45) is 5.92 Å². The molecule has 6 heteroatoms. The van der Waals surface area contributed by atoms with Gasteiger partial charge in [0.25, 0.3) is 5.91 Å². The summed E-state index contributed by atoms with van der Waals surface area (Å²) in [6.45, 7) is 3.42. The van der Waals surface area contributed by atoms with Gasteiger partial charge in [0.1, 0.15) is 6.61 Å². The van der Waals surface area contributed by atoms with Crippen LogP contribution in [-0.4, -0.2) is 48.9 Å². The van der Waals surface area contributed by atoms with Gasteiger partial charge in [-0.3, -0.25) is 14.4 Å². The monoisotopic (exact) mass is 472 g/mol. The summed E-state index contributed by atoms with van der Waals surface area (Å²) in [4.78, 5) is 39.7. The summed E-state index contributed by atoms with van der Waals surface area (Å²) >= 11 is 0. The molecule has 2 amide bonds. The van der Waals surface area contributed by atoms with E-state index in [4.69, 9.17) is 4.74 Å². The minimum atomic E-state index is -0.347. The SMILES string of the molecule is Cc1ccc(CCC(=O)NCCOC(=O)C2CCCN(C(=O)c3cccc4ccccc34)C2)cc1. The number of amides is 2. The van der Waals surface area contributed by atoms with Crippen molar-refractivity contribution in [2.45, 2.75) is 32.6 Å². The molecule has 6 nitrogen and oxygen atoms in total. The van der Waals surface area contributed by atoms with E-state index >= 15 is 0 Å². The number of hydrogen-bond donors (Lipinski definition) is 1. The van der Waals surface area contributed by atoms with Crippen molar-refractivity contribution in [3.63, 3.8) is 0 Å². The fourth-order valence-electron chi connectivity index (χ4n) is 4.50. The van der Waals surface area contributed by atoms with Crippen molar-refractivity contribution in [3.05, 3.63) is 83.4 Å². The minimum absolute atomic E-state index is 0.0554. The zero-order valence-electron chi connectivity index (χ0n) is 20.2. The number of ether oxygens (including phenoxy) is 1. The van der Waals surface area contributed by atoms with Crippen molar-refractivity contribution in [3.8, 4) is 0 Å². The van der Waals surface area contributed by atoms with Crippen molar-refractivity contribution >= 4 is 28.6 Å². The molecule has 1 aliphatic rings. The molecule has 1 saturated heterocycles. The van der Waals surface area contributed by atoms with Crippen molar-refractivity contribution in [1.82, 2.24) is 10.2 Å². The van der Waals surface area contributed by atoms with Crippen LogP contribution in [0.15, 0.2) is 66.7 Å². The average molecular weight is 473 g/mol. The molecule has 0 aromatic heterocycles. The van der Waals surface area contributed by atoms with Gasteiger partial charge in [0.15, 0.2) is 0 Å². The Balaban J connectivity index is 1.21. The largest absolute Gasteiger partial charge is 0.464 e. The van der Waals surface area contributed by atoms with Crippen LogP contribution < -0.4 is 5.32 Å². The topological polar surface area (TPSA) is 75.7 Å². The highest BCUT2D eigenvalue weighted by Crippen LogP contribution is 2.24. The molecule has 1 N–H and O–H groups in total. The lowest BCUT2D eigenvalue weighted by Gasteiger charge is -2.32. The van der Waals surface area contributed by atoms with Crippen LogP contribution in [0.3, 0.4) is 0 Å². The van der Waals surface area contributed by atoms with Crippen molar-refractivity contribution in [2.75, 3.05) is 26.2 Å². The molecule has 35 heavy (non-hydrogen) atoms. The number of carbonyl (C=O) groups is 3. The van der Waals surface area contributed by atoms with Gasteiger partial charge in [-0.15, -0.1) is 0 Å². The Morgan fingerprint density at radius 2 is 1.77 bits per heavy atom. The Bertz CT molecular complexity index is 1180. The third kappa shape index (κ3) is 6.47. The zero-order valence-corrected chi connectivity index (χ0v) is 20.2. The van der Waals surface area contributed by atoms with Gasteiger partial charge < -0.3 is 15.0 Å². The summed E-state index contributed by atoms with van der Waals surface area (Å²) in [5, 5.41) is 4.75. The van der Waals surface area contributed by atoms with Gasteiger partial charge in [-0.05, 0) is 48.6 Å². The third-order valence-corrected chi connectivity index (χ3v) is 6.49. The van der Waals surface area contributed by atoms with Crippen molar-refractivity contribution < 1.29 is 19.1 Å². The molecule has 3 aromatic rings. The van der Waals surface area contributed by atoms with E-state index in [9.17, 15) is 14.4 Å². The number of rotatable bonds is 8. The number of likely N-dealkylation sites (tertiary alicyclic amines) is 1. The predicted octanol–water partition coefficient (Wildman–Crippen LogP) is 4.29. The van der Waals surface area contributed by atoms with Crippen molar-refractivity contribution in [1.29, 1.82) is 0 Å². The molecule has 0 aliphatic carbocycles. The van der Waals surface area contributed by atoms with Crippen LogP contribution in [0, 0.1) is 12.8 Å². The zero-order chi connectivity index (χ0) is 24.6. The summed E-state index contributed by atoms with van der Waals surface area (Å²) in [7, 11) is 0. The highest BCUT2D eigenvalue weighted by molar-refractivity contribution is 6.07. The number of nitrogens with one attached hydrogen (secondary N) is 1. The van der Waals surface area contributed by atoms with E-state index < -0.39 is 0 Å². The number of hydrogen-bond acceptors (Lipinski definition) is 4. The molecule has 0 saturated carbocycles. The summed E-state index contributed by atoms with van der Waals surface area (Å²) < 4.78 is 5.42. The number of piperidine rings is 1. The molecule has 0 radical (unpaired) electrons. The number of nitrogens with zero attached hydrogens (tertiary/aromatic N) is 1. The maximum absolute atomic E-state index is 13.2. The quantitative estimate of drug-likeness (QED) is 0.392. The first kappa shape index (κ1) is 24.5. The molecule has 182 valence electrons. The Hall–Kier alpha value is -3.67. The Labute approximate surface area is 206 Å². The van der Waals surface area contributed by atoms with Crippen LogP contribution >= 0.6 is 0 Å². The van der Waals surface area contributed by atoms with E-state index in [0.29, 0.717) is 37.9 Å². The van der Waals surface area contributed by atoms with Crippen LogP contribution in [-0.2, 0) is 20.7 Å².